The van der Waals surface area contributed by atoms with Gasteiger partial charge in [-0.15, -0.1) is 0 Å². The fourth-order valence-electron chi connectivity index (χ4n) is 3.58. The molecule has 2 fully saturated rings. The number of hydrogen-bond donors (Lipinski definition) is 1. The minimum atomic E-state index is -0.825. The van der Waals surface area contributed by atoms with Gasteiger partial charge in [-0.2, -0.15) is 0 Å². The van der Waals surface area contributed by atoms with Crippen molar-refractivity contribution < 1.29 is 23.6 Å². The van der Waals surface area contributed by atoms with E-state index in [9.17, 15) is 14.4 Å². The average Bonchev–Trinajstić information content (AvgIpc) is 3.39. The van der Waals surface area contributed by atoms with Gasteiger partial charge in [-0.3, -0.25) is 14.5 Å². The molecule has 2 aliphatic rings. The Morgan fingerprint density at radius 2 is 1.96 bits per heavy atom. The van der Waals surface area contributed by atoms with E-state index >= 15 is 0 Å². The Hall–Kier alpha value is -3.16. The molecule has 1 N–H and O–H groups in total. The van der Waals surface area contributed by atoms with Crippen molar-refractivity contribution >= 4 is 17.9 Å². The van der Waals surface area contributed by atoms with Crippen LogP contribution < -0.4 is 5.32 Å². The second-order valence-electron chi connectivity index (χ2n) is 6.82. The van der Waals surface area contributed by atoms with Crippen LogP contribution in [0, 0.1) is 0 Å². The third kappa shape index (κ3) is 3.30. The number of esters is 1. The third-order valence-corrected chi connectivity index (χ3v) is 4.99. The van der Waals surface area contributed by atoms with Gasteiger partial charge in [0.1, 0.15) is 24.4 Å². The van der Waals surface area contributed by atoms with E-state index < -0.39 is 24.1 Å². The highest BCUT2D eigenvalue weighted by Crippen LogP contribution is 2.34. The van der Waals surface area contributed by atoms with E-state index in [0.717, 1.165) is 23.3 Å². The highest BCUT2D eigenvalue weighted by molar-refractivity contribution is 6.08. The molecule has 8 nitrogen and oxygen atoms in total. The Morgan fingerprint density at radius 3 is 2.70 bits per heavy atom. The number of ether oxygens (including phenoxy) is 1. The number of carbonyl (C=O) groups excluding carboxylic acids is 3. The summed E-state index contributed by atoms with van der Waals surface area (Å²) in [5, 5.41) is 6.60. The summed E-state index contributed by atoms with van der Waals surface area (Å²) in [6.45, 7) is -0.500. The van der Waals surface area contributed by atoms with E-state index in [2.05, 4.69) is 10.5 Å². The van der Waals surface area contributed by atoms with E-state index in [4.69, 9.17) is 9.26 Å². The molecule has 3 amide bonds. The molecule has 1 spiro atoms. The Kier molecular flexibility index (Phi) is 4.39. The lowest BCUT2D eigenvalue weighted by Crippen LogP contribution is -2.44. The minimum Gasteiger partial charge on any atom is -0.458 e. The molecule has 1 saturated heterocycles. The lowest BCUT2D eigenvalue weighted by molar-refractivity contribution is -0.149. The predicted molar refractivity (Wildman–Crippen MR) is 93.2 cm³/mol. The molecular weight excluding hydrogens is 350 g/mol. The third-order valence-electron chi connectivity index (χ3n) is 4.99. The summed E-state index contributed by atoms with van der Waals surface area (Å²) in [6, 6.07) is 10.6. The molecule has 1 aromatic heterocycles. The second-order valence-corrected chi connectivity index (χ2v) is 6.82. The van der Waals surface area contributed by atoms with Crippen molar-refractivity contribution in [3.63, 3.8) is 0 Å². The largest absolute Gasteiger partial charge is 0.458 e. The van der Waals surface area contributed by atoms with Crippen LogP contribution in [-0.2, 0) is 20.9 Å². The maximum Gasteiger partial charge on any atom is 0.326 e. The molecule has 1 aliphatic heterocycles. The Bertz CT molecular complexity index is 870. The lowest BCUT2D eigenvalue weighted by Gasteiger charge is -2.19. The summed E-state index contributed by atoms with van der Waals surface area (Å²) in [4.78, 5) is 37.6. The van der Waals surface area contributed by atoms with Gasteiger partial charge in [0.15, 0.2) is 5.76 Å². The first-order chi connectivity index (χ1) is 13.1. The molecule has 0 unspecified atom stereocenters. The second kappa shape index (κ2) is 6.86. The Morgan fingerprint density at radius 1 is 1.22 bits per heavy atom. The number of nitrogens with zero attached hydrogens (tertiary/aromatic N) is 2. The number of hydrogen-bond acceptors (Lipinski definition) is 6. The molecule has 0 bridgehead atoms. The Balaban J connectivity index is 1.33. The predicted octanol–water partition coefficient (Wildman–Crippen LogP) is 2.25. The molecule has 2 aromatic rings. The van der Waals surface area contributed by atoms with Gasteiger partial charge in [0, 0.05) is 11.6 Å². The lowest BCUT2D eigenvalue weighted by atomic mass is 9.98. The maximum atomic E-state index is 12.5. The van der Waals surface area contributed by atoms with Crippen LogP contribution >= 0.6 is 0 Å². The zero-order valence-corrected chi connectivity index (χ0v) is 14.6. The normalized spacial score (nSPS) is 18.1. The first-order valence-electron chi connectivity index (χ1n) is 8.88. The zero-order valence-electron chi connectivity index (χ0n) is 14.6. The molecule has 27 heavy (non-hydrogen) atoms. The van der Waals surface area contributed by atoms with Crippen LogP contribution in [0.3, 0.4) is 0 Å². The molecule has 1 aliphatic carbocycles. The monoisotopic (exact) mass is 369 g/mol. The van der Waals surface area contributed by atoms with Gasteiger partial charge in [-0.1, -0.05) is 48.3 Å². The van der Waals surface area contributed by atoms with Gasteiger partial charge in [0.05, 0.1) is 0 Å². The number of aromatic nitrogens is 1. The molecule has 0 atom stereocenters. The fourth-order valence-corrected chi connectivity index (χ4v) is 3.58. The van der Waals surface area contributed by atoms with Gasteiger partial charge in [-0.25, -0.2) is 4.79 Å². The standard InChI is InChI=1S/C19H19N3O5/c23-16(11-22-17(24)19(20-18(22)25)8-4-5-9-19)26-12-14-10-15(27-21-14)13-6-2-1-3-7-13/h1-3,6-7,10H,4-5,8-9,11-12H2,(H,20,25). The topological polar surface area (TPSA) is 102 Å². The number of carbonyl (C=O) groups is 3. The van der Waals surface area contributed by atoms with E-state index in [1.54, 1.807) is 6.07 Å². The van der Waals surface area contributed by atoms with Crippen LogP contribution in [0.1, 0.15) is 31.4 Å². The maximum absolute atomic E-state index is 12.5. The summed E-state index contributed by atoms with van der Waals surface area (Å²) in [6.07, 6.45) is 3.01. The van der Waals surface area contributed by atoms with E-state index in [1.165, 1.54) is 0 Å². The van der Waals surface area contributed by atoms with Crippen LogP contribution in [0.5, 0.6) is 0 Å². The summed E-state index contributed by atoms with van der Waals surface area (Å²) in [5.74, 6) is -0.438. The molecule has 0 radical (unpaired) electrons. The van der Waals surface area contributed by atoms with Crippen molar-refractivity contribution in [3.8, 4) is 11.3 Å². The number of urea groups is 1. The smallest absolute Gasteiger partial charge is 0.326 e. The van der Waals surface area contributed by atoms with Gasteiger partial charge in [-0.05, 0) is 12.8 Å². The first kappa shape index (κ1) is 17.3. The highest BCUT2D eigenvalue weighted by atomic mass is 16.5. The summed E-state index contributed by atoms with van der Waals surface area (Å²) < 4.78 is 10.4. The van der Waals surface area contributed by atoms with Crippen molar-refractivity contribution in [2.45, 2.75) is 37.8 Å². The van der Waals surface area contributed by atoms with Gasteiger partial charge >= 0.3 is 12.0 Å². The van der Waals surface area contributed by atoms with Crippen LogP contribution in [0.25, 0.3) is 11.3 Å². The highest BCUT2D eigenvalue weighted by Gasteiger charge is 2.52. The van der Waals surface area contributed by atoms with Crippen molar-refractivity contribution in [3.05, 3.63) is 42.1 Å². The fraction of sp³-hybridized carbons (Fsp3) is 0.368. The SMILES string of the molecule is O=C(CN1C(=O)NC2(CCCC2)C1=O)OCc1cc(-c2ccccc2)on1. The zero-order chi connectivity index (χ0) is 18.9. The number of rotatable bonds is 5. The molecular formula is C19H19N3O5. The number of amides is 3. The minimum absolute atomic E-state index is 0.0933. The van der Waals surface area contributed by atoms with Crippen LogP contribution in [0.4, 0.5) is 4.79 Å². The van der Waals surface area contributed by atoms with E-state index in [0.29, 0.717) is 24.3 Å². The van der Waals surface area contributed by atoms with Gasteiger partial charge in [0.2, 0.25) is 0 Å². The van der Waals surface area contributed by atoms with Crippen molar-refractivity contribution in [2.24, 2.45) is 0 Å². The molecule has 140 valence electrons. The first-order valence-corrected chi connectivity index (χ1v) is 8.88. The quantitative estimate of drug-likeness (QED) is 0.641. The number of imide groups is 1. The summed E-state index contributed by atoms with van der Waals surface area (Å²) >= 11 is 0. The van der Waals surface area contributed by atoms with Crippen LogP contribution in [0.15, 0.2) is 40.9 Å². The van der Waals surface area contributed by atoms with Crippen LogP contribution in [-0.4, -0.2) is 40.0 Å². The van der Waals surface area contributed by atoms with Gasteiger partial charge < -0.3 is 14.6 Å². The number of benzene rings is 1. The Labute approximate surface area is 155 Å². The molecule has 1 aromatic carbocycles. The molecule has 2 heterocycles. The van der Waals surface area contributed by atoms with Gasteiger partial charge in [0.25, 0.3) is 5.91 Å². The van der Waals surface area contributed by atoms with Crippen LogP contribution in [0.2, 0.25) is 0 Å². The molecule has 1 saturated carbocycles. The van der Waals surface area contributed by atoms with E-state index in [1.807, 2.05) is 30.3 Å². The summed E-state index contributed by atoms with van der Waals surface area (Å²) in [5.41, 5.74) is 0.490. The van der Waals surface area contributed by atoms with Crippen molar-refractivity contribution in [2.75, 3.05) is 6.54 Å². The van der Waals surface area contributed by atoms with Crippen molar-refractivity contribution in [1.82, 2.24) is 15.4 Å². The van der Waals surface area contributed by atoms with Crippen molar-refractivity contribution in [1.29, 1.82) is 0 Å². The average molecular weight is 369 g/mol. The number of nitrogens with one attached hydrogen (secondary N) is 1. The summed E-state index contributed by atoms with van der Waals surface area (Å²) in [7, 11) is 0. The van der Waals surface area contributed by atoms with E-state index in [-0.39, 0.29) is 12.5 Å². The molecule has 4 rings (SSSR count). The molecule has 8 heteroatoms.